The highest BCUT2D eigenvalue weighted by atomic mass is 16.6. The first-order valence-corrected chi connectivity index (χ1v) is 7.28. The van der Waals surface area contributed by atoms with E-state index < -0.39 is 5.60 Å². The SMILES string of the molecule is CC(C)(C)OC(=O)C[n+]1ccc(-c2ccnc3ncnn23)cc1. The second-order valence-electron chi connectivity index (χ2n) is 6.15. The average Bonchev–Trinajstić information content (AvgIpc) is 2.94. The summed E-state index contributed by atoms with van der Waals surface area (Å²) >= 11 is 0. The summed E-state index contributed by atoms with van der Waals surface area (Å²) in [5.41, 5.74) is 1.37. The zero-order valence-corrected chi connectivity index (χ0v) is 13.3. The molecule has 3 rings (SSSR count). The molecule has 0 spiro atoms. The van der Waals surface area contributed by atoms with Crippen molar-refractivity contribution in [3.05, 3.63) is 43.1 Å². The molecule has 0 radical (unpaired) electrons. The number of carbonyl (C=O) groups is 1. The molecule has 3 aromatic rings. The molecule has 0 saturated carbocycles. The highest BCUT2D eigenvalue weighted by Crippen LogP contribution is 2.16. The second kappa shape index (κ2) is 5.75. The summed E-state index contributed by atoms with van der Waals surface area (Å²) in [7, 11) is 0. The number of hydrogen-bond acceptors (Lipinski definition) is 5. The van der Waals surface area contributed by atoms with Crippen LogP contribution in [-0.4, -0.2) is 31.2 Å². The van der Waals surface area contributed by atoms with Crippen LogP contribution in [0.25, 0.3) is 17.0 Å². The number of carbonyl (C=O) groups excluding carboxylic acids is 1. The molecule has 3 aromatic heterocycles. The van der Waals surface area contributed by atoms with Crippen molar-refractivity contribution < 1.29 is 14.1 Å². The number of nitrogens with zero attached hydrogens (tertiary/aromatic N) is 5. The van der Waals surface area contributed by atoms with Crippen LogP contribution in [-0.2, 0) is 16.1 Å². The second-order valence-corrected chi connectivity index (χ2v) is 6.15. The van der Waals surface area contributed by atoms with E-state index in [-0.39, 0.29) is 12.5 Å². The van der Waals surface area contributed by atoms with Gasteiger partial charge in [-0.2, -0.15) is 19.2 Å². The first kappa shape index (κ1) is 15.1. The van der Waals surface area contributed by atoms with E-state index in [0.717, 1.165) is 11.3 Å². The van der Waals surface area contributed by atoms with E-state index in [1.54, 1.807) is 15.3 Å². The van der Waals surface area contributed by atoms with Gasteiger partial charge in [0.25, 0.3) is 5.78 Å². The van der Waals surface area contributed by atoms with Gasteiger partial charge < -0.3 is 4.74 Å². The minimum atomic E-state index is -0.479. The van der Waals surface area contributed by atoms with Crippen molar-refractivity contribution in [2.24, 2.45) is 0 Å². The van der Waals surface area contributed by atoms with Gasteiger partial charge in [-0.3, -0.25) is 0 Å². The van der Waals surface area contributed by atoms with E-state index in [2.05, 4.69) is 15.1 Å². The maximum atomic E-state index is 11.8. The molecule has 0 fully saturated rings. The third-order valence-electron chi connectivity index (χ3n) is 3.10. The highest BCUT2D eigenvalue weighted by Gasteiger charge is 2.19. The molecule has 0 aliphatic carbocycles. The first-order chi connectivity index (χ1) is 10.9. The Morgan fingerprint density at radius 2 is 1.96 bits per heavy atom. The van der Waals surface area contributed by atoms with Crippen LogP contribution in [0.2, 0.25) is 0 Å². The molecule has 0 N–H and O–H groups in total. The maximum absolute atomic E-state index is 11.8. The van der Waals surface area contributed by atoms with Crippen molar-refractivity contribution in [2.75, 3.05) is 0 Å². The number of pyridine rings is 1. The fraction of sp³-hybridized carbons (Fsp3) is 0.312. The molecule has 0 atom stereocenters. The van der Waals surface area contributed by atoms with Gasteiger partial charge in [-0.05, 0) is 26.8 Å². The van der Waals surface area contributed by atoms with Gasteiger partial charge in [-0.1, -0.05) is 0 Å². The molecule has 0 bridgehead atoms. The first-order valence-electron chi connectivity index (χ1n) is 7.28. The Morgan fingerprint density at radius 1 is 1.22 bits per heavy atom. The van der Waals surface area contributed by atoms with Crippen LogP contribution < -0.4 is 4.57 Å². The number of aromatic nitrogens is 5. The number of fused-ring (bicyclic) bond motifs is 1. The molecule has 23 heavy (non-hydrogen) atoms. The zero-order chi connectivity index (χ0) is 16.4. The van der Waals surface area contributed by atoms with Gasteiger partial charge in [-0.15, -0.1) is 0 Å². The minimum Gasteiger partial charge on any atom is -0.455 e. The molecule has 118 valence electrons. The lowest BCUT2D eigenvalue weighted by Gasteiger charge is -2.18. The van der Waals surface area contributed by atoms with Crippen molar-refractivity contribution >= 4 is 11.7 Å². The van der Waals surface area contributed by atoms with E-state index in [0.29, 0.717) is 5.78 Å². The lowest BCUT2D eigenvalue weighted by molar-refractivity contribution is -0.686. The predicted octanol–water partition coefficient (Wildman–Crippen LogP) is 1.42. The molecule has 0 saturated heterocycles. The fourth-order valence-corrected chi connectivity index (χ4v) is 2.21. The molecular weight excluding hydrogens is 294 g/mol. The van der Waals surface area contributed by atoms with E-state index in [4.69, 9.17) is 4.74 Å². The largest absolute Gasteiger partial charge is 0.455 e. The Labute approximate surface area is 133 Å². The summed E-state index contributed by atoms with van der Waals surface area (Å²) in [6.45, 7) is 5.73. The van der Waals surface area contributed by atoms with Gasteiger partial charge in [0, 0.05) is 23.9 Å². The number of hydrogen-bond donors (Lipinski definition) is 0. The number of ether oxygens (including phenoxy) is 1. The Morgan fingerprint density at radius 3 is 2.65 bits per heavy atom. The summed E-state index contributed by atoms with van der Waals surface area (Å²) < 4.78 is 8.76. The minimum absolute atomic E-state index is 0.173. The molecular formula is C16H18N5O2+. The Hall–Kier alpha value is -2.83. The molecule has 7 nitrogen and oxygen atoms in total. The Kier molecular flexibility index (Phi) is 3.77. The van der Waals surface area contributed by atoms with Crippen molar-refractivity contribution in [2.45, 2.75) is 32.9 Å². The van der Waals surface area contributed by atoms with E-state index >= 15 is 0 Å². The van der Waals surface area contributed by atoms with Crippen molar-refractivity contribution in [3.63, 3.8) is 0 Å². The quantitative estimate of drug-likeness (QED) is 0.540. The summed E-state index contributed by atoms with van der Waals surface area (Å²) in [4.78, 5) is 20.1. The summed E-state index contributed by atoms with van der Waals surface area (Å²) in [6.07, 6.45) is 6.84. The number of esters is 1. The van der Waals surface area contributed by atoms with Crippen LogP contribution in [0.3, 0.4) is 0 Å². The molecule has 7 heteroatoms. The van der Waals surface area contributed by atoms with Gasteiger partial charge >= 0.3 is 5.97 Å². The normalized spacial score (nSPS) is 11.6. The molecule has 0 aliphatic heterocycles. The standard InChI is InChI=1S/C16H18N5O2/c1-16(2,3)23-14(22)10-20-8-5-12(6-9-20)13-4-7-17-15-18-11-19-21(13)15/h4-9,11H,10H2,1-3H3/q+1. The summed E-state index contributed by atoms with van der Waals surface area (Å²) in [5, 5.41) is 4.17. The van der Waals surface area contributed by atoms with Crippen molar-refractivity contribution in [1.29, 1.82) is 0 Å². The smallest absolute Gasteiger partial charge is 0.373 e. The molecule has 0 unspecified atom stereocenters. The van der Waals surface area contributed by atoms with Crippen molar-refractivity contribution in [3.8, 4) is 11.3 Å². The molecule has 0 aromatic carbocycles. The van der Waals surface area contributed by atoms with Gasteiger partial charge in [0.1, 0.15) is 11.9 Å². The van der Waals surface area contributed by atoms with E-state index in [1.807, 2.05) is 51.4 Å². The maximum Gasteiger partial charge on any atom is 0.373 e. The Balaban J connectivity index is 1.80. The fourth-order valence-electron chi connectivity index (χ4n) is 2.21. The van der Waals surface area contributed by atoms with E-state index in [1.165, 1.54) is 6.33 Å². The number of rotatable bonds is 3. The highest BCUT2D eigenvalue weighted by molar-refractivity contribution is 5.68. The molecule has 3 heterocycles. The summed E-state index contributed by atoms with van der Waals surface area (Å²) in [5.74, 6) is 0.283. The van der Waals surface area contributed by atoms with Crippen LogP contribution in [0.1, 0.15) is 20.8 Å². The predicted molar refractivity (Wildman–Crippen MR) is 82.3 cm³/mol. The van der Waals surface area contributed by atoms with Crippen LogP contribution in [0.4, 0.5) is 0 Å². The monoisotopic (exact) mass is 312 g/mol. The van der Waals surface area contributed by atoms with Gasteiger partial charge in [0.2, 0.25) is 6.54 Å². The average molecular weight is 312 g/mol. The van der Waals surface area contributed by atoms with Crippen LogP contribution >= 0.6 is 0 Å². The van der Waals surface area contributed by atoms with Gasteiger partial charge in [0.05, 0.1) is 5.69 Å². The lowest BCUT2D eigenvalue weighted by atomic mass is 10.2. The zero-order valence-electron chi connectivity index (χ0n) is 13.3. The van der Waals surface area contributed by atoms with Crippen LogP contribution in [0.15, 0.2) is 43.1 Å². The van der Waals surface area contributed by atoms with Gasteiger partial charge in [0.15, 0.2) is 12.4 Å². The molecule has 0 amide bonds. The topological polar surface area (TPSA) is 73.3 Å². The Bertz CT molecular complexity index is 834. The van der Waals surface area contributed by atoms with Gasteiger partial charge in [-0.25, -0.2) is 9.78 Å². The third kappa shape index (κ3) is 3.50. The lowest BCUT2D eigenvalue weighted by Crippen LogP contribution is -2.40. The van der Waals surface area contributed by atoms with E-state index in [9.17, 15) is 4.79 Å². The third-order valence-corrected chi connectivity index (χ3v) is 3.10. The van der Waals surface area contributed by atoms with Crippen molar-refractivity contribution in [1.82, 2.24) is 19.6 Å². The van der Waals surface area contributed by atoms with Crippen LogP contribution in [0.5, 0.6) is 0 Å². The molecule has 0 aliphatic rings. The van der Waals surface area contributed by atoms with Crippen LogP contribution in [0, 0.1) is 0 Å². The summed E-state index contributed by atoms with van der Waals surface area (Å²) in [6, 6.07) is 5.71.